The molecule has 0 unspecified atom stereocenters. The second kappa shape index (κ2) is 4.48. The van der Waals surface area contributed by atoms with E-state index in [0.29, 0.717) is 22.2 Å². The standard InChI is InChI=1S/C15H10IN3O3/c16-11-4-8-6-15(7-9(8)5-12(11)19(21)22)10-2-1-3-17-13(10)18-14(15)20/h1-5H,6-7H2,(H,17,18,20)/t15-/m0/s1. The molecule has 4 rings (SSSR count). The molecule has 0 saturated carbocycles. The maximum atomic E-state index is 12.5. The summed E-state index contributed by atoms with van der Waals surface area (Å²) in [4.78, 5) is 27.5. The van der Waals surface area contributed by atoms with E-state index in [1.807, 2.05) is 40.8 Å². The number of nitro groups is 1. The lowest BCUT2D eigenvalue weighted by Gasteiger charge is -2.20. The second-order valence-corrected chi connectivity index (χ2v) is 6.78. The van der Waals surface area contributed by atoms with Crippen LogP contribution in [0.2, 0.25) is 0 Å². The molecule has 0 fully saturated rings. The van der Waals surface area contributed by atoms with Gasteiger partial charge in [-0.1, -0.05) is 6.07 Å². The van der Waals surface area contributed by atoms with Gasteiger partial charge in [0.2, 0.25) is 5.91 Å². The van der Waals surface area contributed by atoms with Crippen LogP contribution >= 0.6 is 22.6 Å². The highest BCUT2D eigenvalue weighted by molar-refractivity contribution is 14.1. The molecule has 1 N–H and O–H groups in total. The third-order valence-corrected chi connectivity index (χ3v) is 5.30. The average Bonchev–Trinajstić information content (AvgIpc) is 2.97. The van der Waals surface area contributed by atoms with Crippen LogP contribution in [0.15, 0.2) is 30.5 Å². The fourth-order valence-electron chi connectivity index (χ4n) is 3.42. The van der Waals surface area contributed by atoms with E-state index in [1.54, 1.807) is 12.3 Å². The van der Waals surface area contributed by atoms with Crippen LogP contribution < -0.4 is 5.32 Å². The molecule has 1 aliphatic heterocycles. The fraction of sp³-hybridized carbons (Fsp3) is 0.200. The van der Waals surface area contributed by atoms with E-state index in [4.69, 9.17) is 0 Å². The van der Waals surface area contributed by atoms with Crippen molar-refractivity contribution in [1.82, 2.24) is 4.98 Å². The van der Waals surface area contributed by atoms with E-state index in [2.05, 4.69) is 10.3 Å². The highest BCUT2D eigenvalue weighted by Gasteiger charge is 2.51. The summed E-state index contributed by atoms with van der Waals surface area (Å²) >= 11 is 1.97. The summed E-state index contributed by atoms with van der Waals surface area (Å²) in [5.74, 6) is 0.527. The van der Waals surface area contributed by atoms with E-state index in [0.717, 1.165) is 16.7 Å². The SMILES string of the molecule is O=C1Nc2ncccc2[C@@]12Cc1cc(I)c([N+](=O)[O-])cc1C2. The van der Waals surface area contributed by atoms with E-state index < -0.39 is 5.41 Å². The Morgan fingerprint density at radius 1 is 1.32 bits per heavy atom. The molecule has 110 valence electrons. The third-order valence-electron chi connectivity index (χ3n) is 4.44. The zero-order valence-electron chi connectivity index (χ0n) is 11.3. The summed E-state index contributed by atoms with van der Waals surface area (Å²) < 4.78 is 0.600. The molecule has 0 saturated heterocycles. The Labute approximate surface area is 139 Å². The molecular formula is C15H10IN3O3. The summed E-state index contributed by atoms with van der Waals surface area (Å²) in [6, 6.07) is 7.15. The fourth-order valence-corrected chi connectivity index (χ4v) is 4.15. The second-order valence-electron chi connectivity index (χ2n) is 5.62. The number of nitrogens with zero attached hydrogens (tertiary/aromatic N) is 2. The first-order chi connectivity index (χ1) is 10.5. The van der Waals surface area contributed by atoms with Gasteiger partial charge in [0.1, 0.15) is 5.82 Å². The Morgan fingerprint density at radius 2 is 2.05 bits per heavy atom. The number of hydrogen-bond donors (Lipinski definition) is 1. The number of halogens is 1. The molecule has 1 atom stereocenters. The predicted octanol–water partition coefficient (Wildman–Crippen LogP) is 2.58. The molecule has 2 aliphatic rings. The van der Waals surface area contributed by atoms with Crippen molar-refractivity contribution in [3.05, 3.63) is 60.8 Å². The lowest BCUT2D eigenvalue weighted by Crippen LogP contribution is -2.35. The van der Waals surface area contributed by atoms with Gasteiger partial charge in [-0.15, -0.1) is 0 Å². The van der Waals surface area contributed by atoms with E-state index in [9.17, 15) is 14.9 Å². The first-order valence-corrected chi connectivity index (χ1v) is 7.82. The largest absolute Gasteiger partial charge is 0.310 e. The monoisotopic (exact) mass is 407 g/mol. The van der Waals surface area contributed by atoms with Crippen LogP contribution in [-0.4, -0.2) is 15.8 Å². The van der Waals surface area contributed by atoms with Gasteiger partial charge in [-0.25, -0.2) is 4.98 Å². The van der Waals surface area contributed by atoms with Gasteiger partial charge in [-0.3, -0.25) is 14.9 Å². The number of pyridine rings is 1. The highest BCUT2D eigenvalue weighted by Crippen LogP contribution is 2.47. The van der Waals surface area contributed by atoms with Crippen molar-refractivity contribution in [2.24, 2.45) is 0 Å². The molecular weight excluding hydrogens is 397 g/mol. The molecule has 0 radical (unpaired) electrons. The normalized spacial score (nSPS) is 21.6. The van der Waals surface area contributed by atoms with Crippen LogP contribution in [0.4, 0.5) is 11.5 Å². The zero-order chi connectivity index (χ0) is 15.5. The van der Waals surface area contributed by atoms with Crippen LogP contribution in [0.25, 0.3) is 0 Å². The Bertz CT molecular complexity index is 852. The molecule has 0 bridgehead atoms. The van der Waals surface area contributed by atoms with Crippen LogP contribution in [0, 0.1) is 13.7 Å². The van der Waals surface area contributed by atoms with Crippen LogP contribution in [-0.2, 0) is 23.1 Å². The van der Waals surface area contributed by atoms with Gasteiger partial charge in [0.15, 0.2) is 0 Å². The van der Waals surface area contributed by atoms with Gasteiger partial charge >= 0.3 is 0 Å². The van der Waals surface area contributed by atoms with Crippen molar-refractivity contribution in [3.8, 4) is 0 Å². The number of nitro benzene ring substituents is 1. The molecule has 2 heterocycles. The maximum Gasteiger partial charge on any atom is 0.282 e. The summed E-state index contributed by atoms with van der Waals surface area (Å²) in [6.45, 7) is 0. The van der Waals surface area contributed by atoms with Gasteiger partial charge in [0.05, 0.1) is 13.9 Å². The number of nitrogens with one attached hydrogen (secondary N) is 1. The number of benzene rings is 1. The zero-order valence-corrected chi connectivity index (χ0v) is 13.5. The first-order valence-electron chi connectivity index (χ1n) is 6.74. The number of anilines is 1. The van der Waals surface area contributed by atoms with Crippen LogP contribution in [0.3, 0.4) is 0 Å². The topological polar surface area (TPSA) is 85.1 Å². The minimum absolute atomic E-state index is 0.0740. The molecule has 22 heavy (non-hydrogen) atoms. The van der Waals surface area contributed by atoms with E-state index in [-0.39, 0.29) is 16.5 Å². The van der Waals surface area contributed by atoms with Crippen molar-refractivity contribution in [3.63, 3.8) is 0 Å². The lowest BCUT2D eigenvalue weighted by molar-refractivity contribution is -0.385. The Morgan fingerprint density at radius 3 is 2.77 bits per heavy atom. The van der Waals surface area contributed by atoms with Gasteiger partial charge < -0.3 is 5.32 Å². The third kappa shape index (κ3) is 1.71. The Hall–Kier alpha value is -2.03. The number of carbonyl (C=O) groups is 1. The highest BCUT2D eigenvalue weighted by atomic mass is 127. The maximum absolute atomic E-state index is 12.5. The smallest absolute Gasteiger partial charge is 0.282 e. The number of carbonyl (C=O) groups excluding carboxylic acids is 1. The quantitative estimate of drug-likeness (QED) is 0.448. The summed E-state index contributed by atoms with van der Waals surface area (Å²) in [7, 11) is 0. The molecule has 1 amide bonds. The van der Waals surface area contributed by atoms with E-state index in [1.165, 1.54) is 0 Å². The molecule has 1 aliphatic carbocycles. The number of fused-ring (bicyclic) bond motifs is 3. The summed E-state index contributed by atoms with van der Waals surface area (Å²) in [6.07, 6.45) is 2.68. The van der Waals surface area contributed by atoms with Crippen molar-refractivity contribution in [2.75, 3.05) is 5.32 Å². The molecule has 7 heteroatoms. The van der Waals surface area contributed by atoms with Gasteiger partial charge in [-0.2, -0.15) is 0 Å². The molecule has 1 aromatic carbocycles. The van der Waals surface area contributed by atoms with Gasteiger partial charge in [0, 0.05) is 17.8 Å². The molecule has 6 nitrogen and oxygen atoms in total. The van der Waals surface area contributed by atoms with Crippen molar-refractivity contribution >= 4 is 40.0 Å². The number of rotatable bonds is 1. The minimum Gasteiger partial charge on any atom is -0.310 e. The number of amides is 1. The Balaban J connectivity index is 1.85. The van der Waals surface area contributed by atoms with Crippen LogP contribution in [0.5, 0.6) is 0 Å². The summed E-state index contributed by atoms with van der Waals surface area (Å²) in [5, 5.41) is 13.9. The van der Waals surface area contributed by atoms with Crippen molar-refractivity contribution < 1.29 is 9.72 Å². The lowest BCUT2D eigenvalue weighted by atomic mass is 9.79. The predicted molar refractivity (Wildman–Crippen MR) is 87.8 cm³/mol. The average molecular weight is 407 g/mol. The van der Waals surface area contributed by atoms with Crippen molar-refractivity contribution in [2.45, 2.75) is 18.3 Å². The molecule has 1 spiro atoms. The number of aromatic nitrogens is 1. The van der Waals surface area contributed by atoms with Crippen LogP contribution in [0.1, 0.15) is 16.7 Å². The van der Waals surface area contributed by atoms with Gasteiger partial charge in [0.25, 0.3) is 5.69 Å². The van der Waals surface area contributed by atoms with E-state index >= 15 is 0 Å². The Kier molecular flexibility index (Phi) is 2.77. The van der Waals surface area contributed by atoms with Crippen molar-refractivity contribution in [1.29, 1.82) is 0 Å². The molecule has 2 aromatic rings. The number of hydrogen-bond acceptors (Lipinski definition) is 4. The minimum atomic E-state index is -0.676. The van der Waals surface area contributed by atoms with Gasteiger partial charge in [-0.05, 0) is 58.7 Å². The first kappa shape index (κ1) is 13.6. The molecule has 1 aromatic heterocycles. The summed E-state index contributed by atoms with van der Waals surface area (Å²) in [5.41, 5.74) is 2.18.